The Hall–Kier alpha value is -2.62. The van der Waals surface area contributed by atoms with Gasteiger partial charge in [-0.3, -0.25) is 0 Å². The fraction of sp³-hybridized carbons (Fsp3) is 0.100. The van der Waals surface area contributed by atoms with E-state index in [1.807, 2.05) is 38.1 Å². The van der Waals surface area contributed by atoms with E-state index in [-0.39, 0.29) is 10.9 Å². The number of benzene rings is 2. The summed E-state index contributed by atoms with van der Waals surface area (Å²) in [4.78, 5) is 25.5. The summed E-state index contributed by atoms with van der Waals surface area (Å²) in [6, 6.07) is 11.0. The van der Waals surface area contributed by atoms with Crippen LogP contribution < -0.4 is 19.8 Å². The Morgan fingerprint density at radius 3 is 1.60 bits per heavy atom. The molecule has 0 aliphatic heterocycles. The van der Waals surface area contributed by atoms with Crippen LogP contribution in [0, 0.1) is 13.8 Å². The minimum absolute atomic E-state index is 0.0892. The van der Waals surface area contributed by atoms with Gasteiger partial charge in [0.15, 0.2) is 0 Å². The number of fused-ring (bicyclic) bond motifs is 2. The van der Waals surface area contributed by atoms with Gasteiger partial charge in [0.25, 0.3) is 0 Å². The van der Waals surface area contributed by atoms with Crippen molar-refractivity contribution in [2.24, 2.45) is 0 Å². The molecule has 2 aromatic heterocycles. The van der Waals surface area contributed by atoms with E-state index in [0.717, 1.165) is 11.1 Å². The van der Waals surface area contributed by atoms with E-state index < -0.39 is 15.0 Å². The van der Waals surface area contributed by atoms with E-state index in [1.165, 1.54) is 12.5 Å². The van der Waals surface area contributed by atoms with Gasteiger partial charge in [-0.15, -0.1) is 0 Å². The van der Waals surface area contributed by atoms with Crippen LogP contribution in [0.1, 0.15) is 11.1 Å². The van der Waals surface area contributed by atoms with Crippen molar-refractivity contribution in [3.63, 3.8) is 0 Å². The molecule has 4 aromatic rings. The molecule has 0 spiro atoms. The van der Waals surface area contributed by atoms with Crippen molar-refractivity contribution in [2.75, 3.05) is 0 Å². The van der Waals surface area contributed by atoms with Crippen LogP contribution in [0.5, 0.6) is 0 Å². The van der Waals surface area contributed by atoms with Crippen LogP contribution in [0.4, 0.5) is 0 Å². The van der Waals surface area contributed by atoms with E-state index in [0.29, 0.717) is 30.9 Å². The molecule has 0 fully saturated rings. The van der Waals surface area contributed by atoms with Gasteiger partial charge >= 0.3 is 149 Å². The molecule has 0 N–H and O–H groups in total. The number of rotatable bonds is 2. The molecule has 124 valence electrons. The molecule has 5 heteroatoms. The molecule has 25 heavy (non-hydrogen) atoms. The van der Waals surface area contributed by atoms with Gasteiger partial charge in [0.05, 0.1) is 0 Å². The average molecular weight is 397 g/mol. The van der Waals surface area contributed by atoms with Gasteiger partial charge in [0.2, 0.25) is 0 Å². The Morgan fingerprint density at radius 2 is 1.16 bits per heavy atom. The van der Waals surface area contributed by atoms with Crippen LogP contribution >= 0.6 is 0 Å². The number of hydrogen-bond donors (Lipinski definition) is 0. The molecule has 2 heterocycles. The zero-order valence-electron chi connectivity index (χ0n) is 13.7. The first kappa shape index (κ1) is 15.9. The number of para-hydroxylation sites is 2. The van der Waals surface area contributed by atoms with E-state index in [4.69, 9.17) is 8.83 Å². The van der Waals surface area contributed by atoms with Crippen molar-refractivity contribution >= 4 is 45.8 Å². The predicted molar refractivity (Wildman–Crippen MR) is 99.5 cm³/mol. The second-order valence-electron chi connectivity index (χ2n) is 5.86. The molecular weight excluding hydrogens is 383 g/mol. The fourth-order valence-corrected chi connectivity index (χ4v) is 4.58. The monoisotopic (exact) mass is 398 g/mol. The van der Waals surface area contributed by atoms with Gasteiger partial charge < -0.3 is 0 Å². The first-order chi connectivity index (χ1) is 12.1. The summed E-state index contributed by atoms with van der Waals surface area (Å²) in [7, 11) is 0. The second kappa shape index (κ2) is 6.03. The Labute approximate surface area is 149 Å². The van der Waals surface area contributed by atoms with Gasteiger partial charge in [-0.2, -0.15) is 0 Å². The second-order valence-corrected chi connectivity index (χ2v) is 8.14. The van der Waals surface area contributed by atoms with Crippen LogP contribution in [0.3, 0.4) is 0 Å². The van der Waals surface area contributed by atoms with Crippen LogP contribution in [-0.2, 0) is 0 Å². The van der Waals surface area contributed by atoms with Crippen molar-refractivity contribution in [3.8, 4) is 0 Å². The summed E-state index contributed by atoms with van der Waals surface area (Å²) in [6.45, 7) is 3.80. The maximum absolute atomic E-state index is 12.7. The van der Waals surface area contributed by atoms with Crippen molar-refractivity contribution in [1.29, 1.82) is 0 Å². The zero-order valence-corrected chi connectivity index (χ0v) is 15.4. The van der Waals surface area contributed by atoms with Crippen LogP contribution in [0.25, 0.3) is 21.9 Å². The molecule has 4 nitrogen and oxygen atoms in total. The van der Waals surface area contributed by atoms with Crippen LogP contribution in [-0.4, -0.2) is 15.0 Å². The fourth-order valence-electron chi connectivity index (χ4n) is 2.83. The average Bonchev–Trinajstić information content (AvgIpc) is 2.61. The molecule has 0 bridgehead atoms. The Balaban J connectivity index is 1.86. The normalized spacial score (nSPS) is 11.3. The van der Waals surface area contributed by atoms with Gasteiger partial charge in [-0.25, -0.2) is 0 Å². The number of hydrogen-bond acceptors (Lipinski definition) is 4. The van der Waals surface area contributed by atoms with Gasteiger partial charge in [0, 0.05) is 0 Å². The van der Waals surface area contributed by atoms with E-state index in [1.54, 1.807) is 12.1 Å². The van der Waals surface area contributed by atoms with Crippen molar-refractivity contribution < 1.29 is 8.83 Å². The van der Waals surface area contributed by atoms with Gasteiger partial charge in [0.1, 0.15) is 0 Å². The predicted octanol–water partition coefficient (Wildman–Crippen LogP) is 2.17. The third-order valence-electron chi connectivity index (χ3n) is 4.15. The Bertz CT molecular complexity index is 1140. The molecule has 0 atom stereocenters. The van der Waals surface area contributed by atoms with Crippen LogP contribution in [0.2, 0.25) is 0 Å². The molecule has 0 unspecified atom stereocenters. The number of aryl methyl sites for hydroxylation is 2. The van der Waals surface area contributed by atoms with E-state index in [9.17, 15) is 9.59 Å². The summed E-state index contributed by atoms with van der Waals surface area (Å²) in [6.07, 6.45) is 2.94. The van der Waals surface area contributed by atoms with E-state index in [2.05, 4.69) is 0 Å². The van der Waals surface area contributed by atoms with Gasteiger partial charge in [-0.1, -0.05) is 0 Å². The summed E-state index contributed by atoms with van der Waals surface area (Å²) in [5.74, 6) is 0. The third-order valence-corrected chi connectivity index (χ3v) is 6.25. The molecule has 4 rings (SSSR count). The summed E-state index contributed by atoms with van der Waals surface area (Å²) in [5.41, 5.74) is 2.83. The summed E-state index contributed by atoms with van der Waals surface area (Å²) in [5, 5.41) is 1.08. The topological polar surface area (TPSA) is 60.4 Å². The molecule has 0 aliphatic carbocycles. The van der Waals surface area contributed by atoms with Crippen molar-refractivity contribution in [1.82, 2.24) is 0 Å². The van der Waals surface area contributed by atoms with Crippen LogP contribution in [0.15, 0.2) is 67.3 Å². The summed E-state index contributed by atoms with van der Waals surface area (Å²) < 4.78 is 12.3. The molecule has 0 radical (unpaired) electrons. The molecule has 2 aromatic carbocycles. The zero-order chi connectivity index (χ0) is 17.6. The standard InChI is InChI=1S/C20H14O4Se/c1-11-5-3-7-13-17(21)15(9-23-19(11)13)25-16-10-24-20-12(2)6-4-8-14(20)18(16)22/h3-10H,1-2H3. The van der Waals surface area contributed by atoms with Crippen molar-refractivity contribution in [3.05, 3.63) is 80.5 Å². The van der Waals surface area contributed by atoms with Crippen molar-refractivity contribution in [2.45, 2.75) is 13.8 Å². The molecule has 0 saturated heterocycles. The molecular formula is C20H14O4Se. The molecule has 0 saturated carbocycles. The molecule has 0 aliphatic rings. The molecule has 0 amide bonds. The van der Waals surface area contributed by atoms with E-state index >= 15 is 0 Å². The maximum atomic E-state index is 12.7. The first-order valence-corrected chi connectivity index (χ1v) is 9.47. The third kappa shape index (κ3) is 2.62. The quantitative estimate of drug-likeness (QED) is 0.487. The minimum atomic E-state index is -0.489. The Kier molecular flexibility index (Phi) is 3.83. The Morgan fingerprint density at radius 1 is 0.720 bits per heavy atom. The first-order valence-electron chi connectivity index (χ1n) is 7.76. The summed E-state index contributed by atoms with van der Waals surface area (Å²) >= 11 is -0.489. The van der Waals surface area contributed by atoms with Gasteiger partial charge in [-0.05, 0) is 0 Å². The SMILES string of the molecule is Cc1cccc2c(=O)c([Se]c3coc4c(C)cccc4c3=O)coc12.